The lowest BCUT2D eigenvalue weighted by molar-refractivity contribution is 0.0693. The Kier molecular flexibility index (Phi) is 13.2. The number of aromatic carboxylic acids is 1. The molecule has 8 aromatic carbocycles. The van der Waals surface area contributed by atoms with Crippen LogP contribution in [0.1, 0.15) is 10.4 Å². The van der Waals surface area contributed by atoms with Crippen molar-refractivity contribution in [3.63, 3.8) is 0 Å². The summed E-state index contributed by atoms with van der Waals surface area (Å²) < 4.78 is 110. The van der Waals surface area contributed by atoms with Gasteiger partial charge in [-0.2, -0.15) is 45.7 Å². The van der Waals surface area contributed by atoms with Crippen LogP contribution in [0.2, 0.25) is 0 Å². The van der Waals surface area contributed by atoms with Crippen LogP contribution in [0.15, 0.2) is 184 Å². The van der Waals surface area contributed by atoms with Gasteiger partial charge in [-0.05, 0) is 119 Å². The number of carboxylic acids is 1. The topological polar surface area (TPSA) is 401 Å². The summed E-state index contributed by atoms with van der Waals surface area (Å²) in [4.78, 5) is 9.40. The van der Waals surface area contributed by atoms with Gasteiger partial charge in [-0.3, -0.25) is 13.7 Å². The van der Waals surface area contributed by atoms with Crippen LogP contribution < -0.4 is 15.7 Å². The van der Waals surface area contributed by atoms with Gasteiger partial charge in [-0.25, -0.2) is 4.79 Å². The quantitative estimate of drug-likeness (QED) is 0.0285. The zero-order chi connectivity index (χ0) is 51.7. The van der Waals surface area contributed by atoms with Crippen molar-refractivity contribution in [3.8, 4) is 28.4 Å². The number of nitrogen functional groups attached to an aromatic ring is 2. The van der Waals surface area contributed by atoms with Crippen LogP contribution in [0.5, 0.6) is 17.2 Å². The van der Waals surface area contributed by atoms with Crippen molar-refractivity contribution in [1.29, 1.82) is 0 Å². The summed E-state index contributed by atoms with van der Waals surface area (Å²) in [7, 11) is -15.6. The first-order chi connectivity index (χ1) is 34.0. The van der Waals surface area contributed by atoms with Gasteiger partial charge in [0.25, 0.3) is 20.2 Å². The normalized spacial score (nSPS) is 12.5. The summed E-state index contributed by atoms with van der Waals surface area (Å²) in [5.41, 5.74) is 12.6. The Bertz CT molecular complexity index is 4010. The van der Waals surface area contributed by atoms with Crippen LogP contribution in [-0.2, 0) is 30.6 Å². The molecule has 72 heavy (non-hydrogen) atoms. The number of phenolic OH excluding ortho intramolecular Hbond substituents is 1. The number of benzene rings is 8. The number of carbonyl (C=O) groups is 1. The van der Waals surface area contributed by atoms with Gasteiger partial charge in [0.05, 0.1) is 44.4 Å². The summed E-state index contributed by atoms with van der Waals surface area (Å²) >= 11 is 0. The predicted octanol–water partition coefficient (Wildman–Crippen LogP) is 11.3. The van der Waals surface area contributed by atoms with Crippen LogP contribution in [-0.4, -0.2) is 60.2 Å². The molecule has 0 aliphatic rings. The molecule has 0 saturated heterocycles. The number of nitrogens with two attached hydrogens (primary N) is 2. The molecule has 0 heterocycles. The highest BCUT2D eigenvalue weighted by Gasteiger charge is 2.26. The summed E-state index contributed by atoms with van der Waals surface area (Å²) in [5, 5.41) is 62.5. The molecule has 0 bridgehead atoms. The standard InChI is InChI=1S/C45H32N10O14S3/c46-27-7-15-36(35(47)19-27)52-51-30-12-5-25-6-14-37(44(33(25)20-30)69-72(66,67)68)53-54-38-22-32(70(60,61)62)17-26-18-40(71(63,64)65)42(43(57)41(26)38)55-49-29-10-3-24(4-11-29)23-1-8-28(9-2-23)48-50-31-13-16-39(56)34(21-31)45(58)59/h1-22,56-57H,46-47H2,(H,58,59)(H,60,61,62)(H,63,64,65)(H,66,67,68). The molecule has 0 aromatic heterocycles. The Morgan fingerprint density at radius 2 is 1.06 bits per heavy atom. The number of nitrogens with zero attached hydrogens (tertiary/aromatic N) is 8. The third-order valence-electron chi connectivity index (χ3n) is 10.2. The zero-order valence-electron chi connectivity index (χ0n) is 36.1. The number of carboxylic acid groups (broad SMARTS) is 1. The average Bonchev–Trinajstić information content (AvgIpc) is 3.32. The second-order valence-electron chi connectivity index (χ2n) is 15.1. The van der Waals surface area contributed by atoms with Crippen molar-refractivity contribution < 1.29 is 63.2 Å². The first-order valence-corrected chi connectivity index (χ1v) is 24.4. The van der Waals surface area contributed by atoms with Crippen molar-refractivity contribution in [1.82, 2.24) is 0 Å². The van der Waals surface area contributed by atoms with Crippen LogP contribution in [0.25, 0.3) is 32.7 Å². The molecule has 0 amide bonds. The number of hydrogen-bond acceptors (Lipinski definition) is 20. The number of rotatable bonds is 14. The lowest BCUT2D eigenvalue weighted by Gasteiger charge is -2.12. The molecular formula is C45H32N10O14S3. The SMILES string of the molecule is Nc1ccc(N=Nc2ccc3ccc(N=Nc4cc(S(=O)(=O)O)cc5cc(S(=O)(=O)O)c(N=Nc6ccc(-c7ccc(N=Nc8ccc(O)c(C(=O)O)c8)cc7)cc6)c(O)c45)c(OS(=O)(=O)O)c3c2)c(N)c1. The fourth-order valence-electron chi connectivity index (χ4n) is 6.87. The lowest BCUT2D eigenvalue weighted by Crippen LogP contribution is -2.07. The van der Waals surface area contributed by atoms with Crippen LogP contribution in [0.3, 0.4) is 0 Å². The predicted molar refractivity (Wildman–Crippen MR) is 260 cm³/mol. The Labute approximate surface area is 406 Å². The van der Waals surface area contributed by atoms with E-state index in [4.69, 9.17) is 15.7 Å². The minimum atomic E-state index is -5.27. The number of hydrogen-bond donors (Lipinski definition) is 8. The van der Waals surface area contributed by atoms with E-state index in [1.54, 1.807) is 42.5 Å². The largest absolute Gasteiger partial charge is 0.507 e. The smallest absolute Gasteiger partial charge is 0.446 e. The highest BCUT2D eigenvalue weighted by Crippen LogP contribution is 2.47. The molecule has 0 aliphatic heterocycles. The first kappa shape index (κ1) is 49.3. The number of anilines is 2. The van der Waals surface area contributed by atoms with E-state index in [1.165, 1.54) is 72.8 Å². The molecule has 0 unspecified atom stereocenters. The monoisotopic (exact) mass is 1030 g/mol. The maximum absolute atomic E-state index is 12.7. The molecule has 364 valence electrons. The summed E-state index contributed by atoms with van der Waals surface area (Å²) in [6.07, 6.45) is 0. The van der Waals surface area contributed by atoms with Gasteiger partial charge < -0.3 is 31.0 Å². The highest BCUT2D eigenvalue weighted by atomic mass is 32.3. The first-order valence-electron chi connectivity index (χ1n) is 20.1. The van der Waals surface area contributed by atoms with Gasteiger partial charge in [0.2, 0.25) is 0 Å². The number of fused-ring (bicyclic) bond motifs is 2. The molecule has 27 heteroatoms. The Morgan fingerprint density at radius 1 is 0.514 bits per heavy atom. The van der Waals surface area contributed by atoms with Gasteiger partial charge in [-0.15, -0.1) is 20.5 Å². The molecule has 24 nitrogen and oxygen atoms in total. The van der Waals surface area contributed by atoms with Gasteiger partial charge in [0.15, 0.2) is 11.5 Å². The fraction of sp³-hybridized carbons (Fsp3) is 0. The molecule has 0 radical (unpaired) electrons. The molecule has 8 aromatic rings. The van der Waals surface area contributed by atoms with E-state index in [2.05, 4.69) is 40.9 Å². The third kappa shape index (κ3) is 11.2. The van der Waals surface area contributed by atoms with Crippen molar-refractivity contribution in [3.05, 3.63) is 139 Å². The molecule has 0 saturated carbocycles. The Morgan fingerprint density at radius 3 is 1.67 bits per heavy atom. The maximum atomic E-state index is 12.7. The highest BCUT2D eigenvalue weighted by molar-refractivity contribution is 7.86. The van der Waals surface area contributed by atoms with E-state index in [-0.39, 0.29) is 39.4 Å². The van der Waals surface area contributed by atoms with Crippen molar-refractivity contribution in [2.75, 3.05) is 11.5 Å². The summed E-state index contributed by atoms with van der Waals surface area (Å²) in [6.45, 7) is 0. The van der Waals surface area contributed by atoms with Crippen molar-refractivity contribution in [2.45, 2.75) is 9.79 Å². The van der Waals surface area contributed by atoms with E-state index in [1.807, 2.05) is 0 Å². The Balaban J connectivity index is 1.15. The zero-order valence-corrected chi connectivity index (χ0v) is 38.6. The molecule has 0 spiro atoms. The van der Waals surface area contributed by atoms with Crippen molar-refractivity contribution >= 4 is 115 Å². The van der Waals surface area contributed by atoms with Gasteiger partial charge >= 0.3 is 16.4 Å². The minimum Gasteiger partial charge on any atom is -0.507 e. The van der Waals surface area contributed by atoms with E-state index in [9.17, 15) is 59.0 Å². The van der Waals surface area contributed by atoms with Crippen molar-refractivity contribution in [2.24, 2.45) is 40.9 Å². The lowest BCUT2D eigenvalue weighted by atomic mass is 10.1. The molecule has 0 aliphatic carbocycles. The fourth-order valence-corrected chi connectivity index (χ4v) is 8.45. The number of azo groups is 4. The van der Waals surface area contributed by atoms with Gasteiger partial charge in [0, 0.05) is 11.1 Å². The van der Waals surface area contributed by atoms with Crippen LogP contribution >= 0.6 is 0 Å². The number of phenols is 2. The molecule has 0 fully saturated rings. The van der Waals surface area contributed by atoms with Crippen LogP contribution in [0.4, 0.5) is 56.9 Å². The third-order valence-corrected chi connectivity index (χ3v) is 12.3. The van der Waals surface area contributed by atoms with Crippen LogP contribution in [0, 0.1) is 0 Å². The Hall–Kier alpha value is -9.12. The second-order valence-corrected chi connectivity index (χ2v) is 18.9. The van der Waals surface area contributed by atoms with E-state index >= 15 is 0 Å². The number of aromatic hydroxyl groups is 2. The second kappa shape index (κ2) is 19.3. The summed E-state index contributed by atoms with van der Waals surface area (Å²) in [6, 6.07) is 30.4. The molecule has 0 atom stereocenters. The maximum Gasteiger partial charge on any atom is 0.446 e. The average molecular weight is 1030 g/mol. The van der Waals surface area contributed by atoms with E-state index in [0.717, 1.165) is 18.2 Å². The molecular weight excluding hydrogens is 1000 g/mol. The van der Waals surface area contributed by atoms with E-state index in [0.29, 0.717) is 27.9 Å². The molecule has 8 rings (SSSR count). The van der Waals surface area contributed by atoms with Gasteiger partial charge in [-0.1, -0.05) is 36.4 Å². The van der Waals surface area contributed by atoms with Gasteiger partial charge in [0.1, 0.15) is 33.3 Å². The summed E-state index contributed by atoms with van der Waals surface area (Å²) in [5.74, 6) is -3.39. The minimum absolute atomic E-state index is 0.0118. The molecule has 10 N–H and O–H groups in total. The van der Waals surface area contributed by atoms with E-state index < -0.39 is 91.5 Å².